The van der Waals surface area contributed by atoms with Crippen LogP contribution in [0.2, 0.25) is 0 Å². The average molecular weight is 501 g/mol. The highest BCUT2D eigenvalue weighted by Gasteiger charge is 2.65. The molecule has 0 aromatic heterocycles. The van der Waals surface area contributed by atoms with E-state index in [1.54, 1.807) is 0 Å². The number of esters is 4. The van der Waals surface area contributed by atoms with Crippen LogP contribution in [0.25, 0.3) is 0 Å². The molecule has 10 nitrogen and oxygen atoms in total. The van der Waals surface area contributed by atoms with Crippen LogP contribution in [-0.4, -0.2) is 77.1 Å². The normalized spacial score (nSPS) is 36.9. The molecule has 0 radical (unpaired) electrons. The lowest BCUT2D eigenvalue weighted by Gasteiger charge is -2.35. The van der Waals surface area contributed by atoms with E-state index in [1.807, 2.05) is 6.92 Å². The number of fused-ring (bicyclic) bond motifs is 3. The number of allylic oxidation sites excluding steroid dienone is 1. The summed E-state index contributed by atoms with van der Waals surface area (Å²) in [5, 5.41) is 9.54. The lowest BCUT2D eigenvalue weighted by Crippen LogP contribution is -2.52. The minimum Gasteiger partial charge on any atom is -0.466 e. The van der Waals surface area contributed by atoms with Gasteiger partial charge in [-0.1, -0.05) is 12.7 Å². The second kappa shape index (κ2) is 9.31. The number of ether oxygens (including phenoxy) is 5. The van der Waals surface area contributed by atoms with Gasteiger partial charge in [-0.25, -0.2) is 14.4 Å². The topological polar surface area (TPSA) is 138 Å². The van der Waals surface area contributed by atoms with Crippen molar-refractivity contribution in [3.63, 3.8) is 0 Å². The van der Waals surface area contributed by atoms with E-state index in [0.717, 1.165) is 21.0 Å². The van der Waals surface area contributed by atoms with Gasteiger partial charge >= 0.3 is 23.9 Å². The molecule has 8 atom stereocenters. The molecule has 0 bridgehead atoms. The number of rotatable bonds is 5. The van der Waals surface area contributed by atoms with E-state index in [0.29, 0.717) is 12.8 Å². The number of methoxy groups -OCH3 is 1. The van der Waals surface area contributed by atoms with E-state index >= 15 is 0 Å². The summed E-state index contributed by atoms with van der Waals surface area (Å²) >= 11 is 5.98. The van der Waals surface area contributed by atoms with Gasteiger partial charge in [0.05, 0.1) is 29.6 Å². The van der Waals surface area contributed by atoms with E-state index < -0.39 is 70.8 Å². The highest BCUT2D eigenvalue weighted by molar-refractivity contribution is 6.22. The first-order valence-corrected chi connectivity index (χ1v) is 11.3. The zero-order chi connectivity index (χ0) is 25.6. The number of epoxide rings is 1. The summed E-state index contributed by atoms with van der Waals surface area (Å²) in [6, 6.07) is 0. The molecule has 0 unspecified atom stereocenters. The Hall–Kier alpha value is -2.43. The summed E-state index contributed by atoms with van der Waals surface area (Å²) in [6.45, 7) is 9.30. The molecule has 2 aliphatic heterocycles. The van der Waals surface area contributed by atoms with Crippen molar-refractivity contribution in [1.82, 2.24) is 0 Å². The molecule has 0 spiro atoms. The Morgan fingerprint density at radius 3 is 2.56 bits per heavy atom. The van der Waals surface area contributed by atoms with Crippen molar-refractivity contribution in [3.05, 3.63) is 23.8 Å². The smallest absolute Gasteiger partial charge is 0.339 e. The van der Waals surface area contributed by atoms with Gasteiger partial charge in [-0.05, 0) is 33.6 Å². The average Bonchev–Trinajstić information content (AvgIpc) is 3.34. The maximum Gasteiger partial charge on any atom is 0.339 e. The Kier molecular flexibility index (Phi) is 7.17. The van der Waals surface area contributed by atoms with E-state index in [-0.39, 0.29) is 11.1 Å². The molecule has 11 heteroatoms. The SMILES string of the molecule is C=C1C(=O)O[C@H]2[C@H]1[C@H](OC(=O)[C@@](C)(O)[C@H](C)Cl)[C@@H](OC(C)=O)/C(C(=O)OC)=C/CC[C@@]1(C)O[C@@H]21. The third-order valence-corrected chi connectivity index (χ3v) is 7.03. The first-order chi connectivity index (χ1) is 15.7. The number of carbonyl (C=O) groups is 4. The number of halogens is 1. The molecule has 1 N–H and O–H groups in total. The van der Waals surface area contributed by atoms with Gasteiger partial charge < -0.3 is 28.8 Å². The Morgan fingerprint density at radius 2 is 2.00 bits per heavy atom. The van der Waals surface area contributed by atoms with Crippen molar-refractivity contribution in [1.29, 1.82) is 0 Å². The fourth-order valence-electron chi connectivity index (χ4n) is 4.28. The van der Waals surface area contributed by atoms with Gasteiger partial charge in [0.25, 0.3) is 0 Å². The van der Waals surface area contributed by atoms with Crippen molar-refractivity contribution in [2.45, 2.75) is 81.5 Å². The molecule has 0 saturated carbocycles. The highest BCUT2D eigenvalue weighted by Crippen LogP contribution is 2.50. The van der Waals surface area contributed by atoms with Crippen molar-refractivity contribution in [2.75, 3.05) is 7.11 Å². The molecule has 34 heavy (non-hydrogen) atoms. The third kappa shape index (κ3) is 4.71. The van der Waals surface area contributed by atoms with Crippen LogP contribution in [0.3, 0.4) is 0 Å². The lowest BCUT2D eigenvalue weighted by atomic mass is 9.80. The van der Waals surface area contributed by atoms with Crippen LogP contribution in [-0.2, 0) is 42.9 Å². The molecule has 3 aliphatic rings. The molecule has 0 aromatic carbocycles. The second-order valence-corrected chi connectivity index (χ2v) is 9.78. The van der Waals surface area contributed by atoms with Crippen LogP contribution in [0, 0.1) is 5.92 Å². The van der Waals surface area contributed by atoms with Gasteiger partial charge in [0.15, 0.2) is 17.8 Å². The molecule has 2 fully saturated rings. The minimum absolute atomic E-state index is 0.0545. The second-order valence-electron chi connectivity index (χ2n) is 9.13. The third-order valence-electron chi connectivity index (χ3n) is 6.61. The molecule has 0 aromatic rings. The summed E-state index contributed by atoms with van der Waals surface area (Å²) in [5.41, 5.74) is -2.95. The predicted molar refractivity (Wildman–Crippen MR) is 116 cm³/mol. The summed E-state index contributed by atoms with van der Waals surface area (Å²) in [7, 11) is 1.15. The van der Waals surface area contributed by atoms with Gasteiger partial charge in [-0.2, -0.15) is 0 Å². The maximum absolute atomic E-state index is 13.0. The van der Waals surface area contributed by atoms with Crippen molar-refractivity contribution < 1.29 is 48.0 Å². The number of aliphatic hydroxyl groups is 1. The van der Waals surface area contributed by atoms with E-state index in [4.69, 9.17) is 35.3 Å². The van der Waals surface area contributed by atoms with E-state index in [1.165, 1.54) is 13.0 Å². The zero-order valence-electron chi connectivity index (χ0n) is 19.7. The van der Waals surface area contributed by atoms with Crippen LogP contribution in [0.5, 0.6) is 0 Å². The van der Waals surface area contributed by atoms with Crippen molar-refractivity contribution in [2.24, 2.45) is 5.92 Å². The Balaban J connectivity index is 2.18. The van der Waals surface area contributed by atoms with Crippen LogP contribution in [0.1, 0.15) is 40.5 Å². The summed E-state index contributed by atoms with van der Waals surface area (Å²) in [6.07, 6.45) is -2.12. The lowest BCUT2D eigenvalue weighted by molar-refractivity contribution is -0.184. The Morgan fingerprint density at radius 1 is 1.35 bits per heavy atom. The molecular formula is C23H29ClO10. The van der Waals surface area contributed by atoms with Gasteiger partial charge in [0.2, 0.25) is 0 Å². The molecule has 3 rings (SSSR count). The van der Waals surface area contributed by atoms with Crippen LogP contribution in [0.15, 0.2) is 23.8 Å². The largest absolute Gasteiger partial charge is 0.466 e. The molecule has 0 amide bonds. The molecule has 2 saturated heterocycles. The molecule has 1 aliphatic carbocycles. The summed E-state index contributed by atoms with van der Waals surface area (Å²) in [4.78, 5) is 50.3. The van der Waals surface area contributed by atoms with E-state index in [9.17, 15) is 24.3 Å². The zero-order valence-corrected chi connectivity index (χ0v) is 20.4. The highest BCUT2D eigenvalue weighted by atomic mass is 35.5. The van der Waals surface area contributed by atoms with Crippen molar-refractivity contribution in [3.8, 4) is 0 Å². The summed E-state index contributed by atoms with van der Waals surface area (Å²) in [5.74, 6) is -4.55. The summed E-state index contributed by atoms with van der Waals surface area (Å²) < 4.78 is 27.4. The van der Waals surface area contributed by atoms with Crippen molar-refractivity contribution >= 4 is 35.5 Å². The van der Waals surface area contributed by atoms with Gasteiger partial charge in [-0.3, -0.25) is 4.79 Å². The van der Waals surface area contributed by atoms with Crippen LogP contribution in [0.4, 0.5) is 0 Å². The fraction of sp³-hybridized carbons (Fsp3) is 0.652. The minimum atomic E-state index is -2.14. The first kappa shape index (κ1) is 26.2. The molecular weight excluding hydrogens is 472 g/mol. The number of alkyl halides is 1. The van der Waals surface area contributed by atoms with Gasteiger partial charge in [0, 0.05) is 12.5 Å². The molecule has 188 valence electrons. The fourth-order valence-corrected chi connectivity index (χ4v) is 4.37. The van der Waals surface area contributed by atoms with Gasteiger partial charge in [-0.15, -0.1) is 11.6 Å². The molecule has 2 heterocycles. The van der Waals surface area contributed by atoms with Crippen LogP contribution >= 0.6 is 11.6 Å². The predicted octanol–water partition coefficient (Wildman–Crippen LogP) is 1.36. The standard InChI is InChI=1S/C23H29ClO10/c1-10-14-16(33-21(28)23(5,29)11(2)24)15(31-12(3)25)13(20(27)30-6)8-7-9-22(4)18(34-22)17(14)32-19(10)26/h8,11,14-18,29H,1,7,9H2,2-6H3/b13-8-/t11-,14+,15-,16-,17-,18-,22+,23-/m0/s1. The monoisotopic (exact) mass is 500 g/mol. The maximum atomic E-state index is 13.0. The number of hydrogen-bond acceptors (Lipinski definition) is 10. The quantitative estimate of drug-likeness (QED) is 0.193. The number of carbonyl (C=O) groups excluding carboxylic acids is 4. The van der Waals surface area contributed by atoms with E-state index in [2.05, 4.69) is 6.58 Å². The Labute approximate surface area is 202 Å². The van der Waals surface area contributed by atoms with Crippen LogP contribution < -0.4 is 0 Å². The number of hydrogen-bond donors (Lipinski definition) is 1. The first-order valence-electron chi connectivity index (χ1n) is 10.8. The Bertz CT molecular complexity index is 938. The van der Waals surface area contributed by atoms with Gasteiger partial charge in [0.1, 0.15) is 12.2 Å².